The van der Waals surface area contributed by atoms with Gasteiger partial charge < -0.3 is 21.4 Å². The molecule has 1 heterocycles. The SMILES string of the molecule is NC(N)=NC(=O)Cn1c(-c2ccccc2)ccc1-c1ccc(C(=O)NCc2ccccc2)cc1. The van der Waals surface area contributed by atoms with E-state index in [-0.39, 0.29) is 18.4 Å². The van der Waals surface area contributed by atoms with Gasteiger partial charge in [0.1, 0.15) is 6.54 Å². The number of aliphatic imine (C=N–C) groups is 1. The highest BCUT2D eigenvalue weighted by Gasteiger charge is 2.15. The van der Waals surface area contributed by atoms with Crippen LogP contribution in [-0.2, 0) is 17.9 Å². The molecule has 0 radical (unpaired) electrons. The molecule has 0 saturated carbocycles. The fourth-order valence-corrected chi connectivity index (χ4v) is 3.74. The molecule has 0 aliphatic rings. The van der Waals surface area contributed by atoms with E-state index < -0.39 is 5.91 Å². The maximum atomic E-state index is 12.6. The Balaban J connectivity index is 1.59. The number of aromatic nitrogens is 1. The predicted octanol–water partition coefficient (Wildman–Crippen LogP) is 3.55. The smallest absolute Gasteiger partial charge is 0.268 e. The van der Waals surface area contributed by atoms with Crippen LogP contribution in [0.1, 0.15) is 15.9 Å². The minimum atomic E-state index is -0.452. The Morgan fingerprint density at radius 2 is 1.29 bits per heavy atom. The van der Waals surface area contributed by atoms with Gasteiger partial charge in [0.05, 0.1) is 0 Å². The van der Waals surface area contributed by atoms with E-state index in [0.717, 1.165) is 28.1 Å². The molecule has 1 aromatic heterocycles. The second kappa shape index (κ2) is 10.3. The molecule has 0 fully saturated rings. The molecule has 0 bridgehead atoms. The van der Waals surface area contributed by atoms with Gasteiger partial charge in [-0.1, -0.05) is 72.8 Å². The van der Waals surface area contributed by atoms with Crippen molar-refractivity contribution in [3.63, 3.8) is 0 Å². The zero-order chi connectivity index (χ0) is 23.9. The first-order chi connectivity index (χ1) is 16.5. The van der Waals surface area contributed by atoms with Crippen LogP contribution >= 0.6 is 0 Å². The van der Waals surface area contributed by atoms with Crippen LogP contribution in [0, 0.1) is 0 Å². The molecule has 2 amide bonds. The summed E-state index contributed by atoms with van der Waals surface area (Å²) in [5.74, 6) is -0.879. The van der Waals surface area contributed by atoms with Gasteiger partial charge in [-0.2, -0.15) is 4.99 Å². The first kappa shape index (κ1) is 22.5. The largest absolute Gasteiger partial charge is 0.370 e. The maximum Gasteiger partial charge on any atom is 0.268 e. The Kier molecular flexibility index (Phi) is 6.84. The zero-order valence-corrected chi connectivity index (χ0v) is 18.5. The first-order valence-electron chi connectivity index (χ1n) is 10.8. The van der Waals surface area contributed by atoms with Crippen LogP contribution in [0.3, 0.4) is 0 Å². The lowest BCUT2D eigenvalue weighted by atomic mass is 10.1. The van der Waals surface area contributed by atoms with E-state index in [4.69, 9.17) is 11.5 Å². The van der Waals surface area contributed by atoms with Gasteiger partial charge in [0, 0.05) is 23.5 Å². The van der Waals surface area contributed by atoms with Crippen molar-refractivity contribution < 1.29 is 9.59 Å². The quantitative estimate of drug-likeness (QED) is 0.294. The molecule has 0 unspecified atom stereocenters. The Morgan fingerprint density at radius 3 is 1.88 bits per heavy atom. The van der Waals surface area contributed by atoms with Gasteiger partial charge in [0.25, 0.3) is 11.8 Å². The van der Waals surface area contributed by atoms with Crippen molar-refractivity contribution in [3.8, 4) is 22.5 Å². The van der Waals surface area contributed by atoms with E-state index in [0.29, 0.717) is 12.1 Å². The molecular weight excluding hydrogens is 426 g/mol. The minimum Gasteiger partial charge on any atom is -0.370 e. The monoisotopic (exact) mass is 451 g/mol. The van der Waals surface area contributed by atoms with E-state index in [2.05, 4.69) is 10.3 Å². The van der Waals surface area contributed by atoms with Crippen LogP contribution in [0.4, 0.5) is 0 Å². The molecule has 0 atom stereocenters. The van der Waals surface area contributed by atoms with Gasteiger partial charge >= 0.3 is 0 Å². The Bertz CT molecular complexity index is 1310. The summed E-state index contributed by atoms with van der Waals surface area (Å²) in [7, 11) is 0. The van der Waals surface area contributed by atoms with Gasteiger partial charge in [-0.25, -0.2) is 0 Å². The molecule has 4 rings (SSSR count). The average molecular weight is 452 g/mol. The molecule has 5 N–H and O–H groups in total. The number of nitrogens with zero attached hydrogens (tertiary/aromatic N) is 2. The number of amides is 2. The molecule has 0 aliphatic heterocycles. The normalized spacial score (nSPS) is 10.5. The van der Waals surface area contributed by atoms with Crippen molar-refractivity contribution in [2.75, 3.05) is 0 Å². The van der Waals surface area contributed by atoms with Gasteiger partial charge in [0.2, 0.25) is 0 Å². The highest BCUT2D eigenvalue weighted by molar-refractivity contribution is 5.95. The van der Waals surface area contributed by atoms with Crippen molar-refractivity contribution in [1.82, 2.24) is 9.88 Å². The zero-order valence-electron chi connectivity index (χ0n) is 18.5. The summed E-state index contributed by atoms with van der Waals surface area (Å²) in [6.45, 7) is 0.432. The molecule has 7 nitrogen and oxygen atoms in total. The van der Waals surface area contributed by atoms with Crippen molar-refractivity contribution >= 4 is 17.8 Å². The summed E-state index contributed by atoms with van der Waals surface area (Å²) >= 11 is 0. The summed E-state index contributed by atoms with van der Waals surface area (Å²) < 4.78 is 1.87. The van der Waals surface area contributed by atoms with Crippen LogP contribution in [0.15, 0.2) is 102 Å². The van der Waals surface area contributed by atoms with E-state index in [1.807, 2.05) is 89.5 Å². The number of hydrogen-bond acceptors (Lipinski definition) is 2. The second-order valence-corrected chi connectivity index (χ2v) is 7.73. The van der Waals surface area contributed by atoms with Crippen LogP contribution in [0.5, 0.6) is 0 Å². The lowest BCUT2D eigenvalue weighted by Crippen LogP contribution is -2.25. The van der Waals surface area contributed by atoms with Crippen LogP contribution in [-0.4, -0.2) is 22.3 Å². The number of carbonyl (C=O) groups is 2. The Hall–Kier alpha value is -4.65. The summed E-state index contributed by atoms with van der Waals surface area (Å²) in [6, 6.07) is 30.7. The summed E-state index contributed by atoms with van der Waals surface area (Å²) in [4.78, 5) is 28.6. The van der Waals surface area contributed by atoms with Gasteiger partial charge in [-0.15, -0.1) is 0 Å². The number of rotatable bonds is 7. The lowest BCUT2D eigenvalue weighted by Gasteiger charge is -2.13. The summed E-state index contributed by atoms with van der Waals surface area (Å²) in [5, 5.41) is 2.93. The number of guanidine groups is 1. The van der Waals surface area contributed by atoms with Crippen LogP contribution < -0.4 is 16.8 Å². The summed E-state index contributed by atoms with van der Waals surface area (Å²) in [6.07, 6.45) is 0. The standard InChI is InChI=1S/C27H25N5O2/c28-27(29)31-25(33)18-32-23(20-9-5-2-6-10-20)15-16-24(32)21-11-13-22(14-12-21)26(34)30-17-19-7-3-1-4-8-19/h1-16H,17-18H2,(H,30,34)(H4,28,29,31,33). The van der Waals surface area contributed by atoms with Gasteiger partial charge in [-0.3, -0.25) is 9.59 Å². The van der Waals surface area contributed by atoms with Crippen molar-refractivity contribution in [2.45, 2.75) is 13.1 Å². The third-order valence-corrected chi connectivity index (χ3v) is 5.34. The molecule has 0 spiro atoms. The number of benzene rings is 3. The third kappa shape index (κ3) is 5.39. The number of nitrogens with two attached hydrogens (primary N) is 2. The molecule has 3 aromatic carbocycles. The van der Waals surface area contributed by atoms with E-state index in [1.165, 1.54) is 0 Å². The Labute approximate surface area is 197 Å². The molecule has 0 aliphatic carbocycles. The fraction of sp³-hybridized carbons (Fsp3) is 0.0741. The minimum absolute atomic E-state index is 0.0240. The molecule has 0 saturated heterocycles. The lowest BCUT2D eigenvalue weighted by molar-refractivity contribution is -0.118. The predicted molar refractivity (Wildman–Crippen MR) is 134 cm³/mol. The highest BCUT2D eigenvalue weighted by atomic mass is 16.2. The van der Waals surface area contributed by atoms with Crippen molar-refractivity contribution in [1.29, 1.82) is 0 Å². The molecule has 170 valence electrons. The van der Waals surface area contributed by atoms with Crippen molar-refractivity contribution in [2.24, 2.45) is 16.5 Å². The number of carbonyl (C=O) groups excluding carboxylic acids is 2. The highest BCUT2D eigenvalue weighted by Crippen LogP contribution is 2.29. The maximum absolute atomic E-state index is 12.6. The fourth-order valence-electron chi connectivity index (χ4n) is 3.74. The summed E-state index contributed by atoms with van der Waals surface area (Å²) in [5.41, 5.74) is 15.9. The van der Waals surface area contributed by atoms with Crippen LogP contribution in [0.25, 0.3) is 22.5 Å². The first-order valence-corrected chi connectivity index (χ1v) is 10.8. The average Bonchev–Trinajstić information content (AvgIpc) is 3.26. The second-order valence-electron chi connectivity index (χ2n) is 7.73. The van der Waals surface area contributed by atoms with Gasteiger partial charge in [-0.05, 0) is 41.0 Å². The molecule has 4 aromatic rings. The van der Waals surface area contributed by atoms with E-state index in [1.54, 1.807) is 12.1 Å². The van der Waals surface area contributed by atoms with Crippen molar-refractivity contribution in [3.05, 3.63) is 108 Å². The molecular formula is C27H25N5O2. The van der Waals surface area contributed by atoms with E-state index in [9.17, 15) is 9.59 Å². The van der Waals surface area contributed by atoms with Gasteiger partial charge in [0.15, 0.2) is 5.96 Å². The molecule has 34 heavy (non-hydrogen) atoms. The van der Waals surface area contributed by atoms with E-state index >= 15 is 0 Å². The Morgan fingerprint density at radius 1 is 0.735 bits per heavy atom. The molecule has 7 heteroatoms. The topological polar surface area (TPSA) is 116 Å². The number of hydrogen-bond donors (Lipinski definition) is 3. The third-order valence-electron chi connectivity index (χ3n) is 5.34. The number of nitrogens with one attached hydrogen (secondary N) is 1. The van der Waals surface area contributed by atoms with Crippen LogP contribution in [0.2, 0.25) is 0 Å².